The summed E-state index contributed by atoms with van der Waals surface area (Å²) in [5.41, 5.74) is -2.43. The number of fused-ring (bicyclic) bond motifs is 1. The number of carbonyl (C=O) groups is 2. The van der Waals surface area contributed by atoms with Crippen LogP contribution in [0.3, 0.4) is 0 Å². The van der Waals surface area contributed by atoms with Crippen LogP contribution in [0, 0.1) is 5.41 Å². The smallest absolute Gasteiger partial charge is 0.395 e. The molecule has 1 aliphatic heterocycles. The monoisotopic (exact) mass is 1030 g/mol. The van der Waals surface area contributed by atoms with E-state index >= 15 is 0 Å². The van der Waals surface area contributed by atoms with Crippen LogP contribution in [0.25, 0.3) is 11.2 Å². The van der Waals surface area contributed by atoms with Gasteiger partial charge in [0.05, 0.1) is 6.33 Å². The van der Waals surface area contributed by atoms with Gasteiger partial charge in [0.1, 0.15) is 58.1 Å². The largest absolute Gasteiger partial charge is 0.537 e. The molecular weight excluding hydrogens is 1010 g/mol. The van der Waals surface area contributed by atoms with E-state index in [0.717, 1.165) is 58.8 Å². The molecule has 65 heavy (non-hydrogen) atoms. The minimum atomic E-state index is -6.59. The van der Waals surface area contributed by atoms with Gasteiger partial charge in [-0.05, 0) is 0 Å². The molecule has 1 aliphatic rings. The number of hydrogen-bond acceptors (Lipinski definition) is 25. The molecule has 0 bridgehead atoms. The fraction of sp³-hybridized carbons (Fsp3) is 0.207. The van der Waals surface area contributed by atoms with Gasteiger partial charge >= 0.3 is 23.5 Å². The molecule has 2 unspecified atom stereocenters. The first-order valence-corrected chi connectivity index (χ1v) is 20.6. The number of ether oxygens (including phenoxy) is 1. The van der Waals surface area contributed by atoms with E-state index in [9.17, 15) is 91.4 Å². The number of anilines is 1. The molecule has 10 N–H and O–H groups in total. The third-order valence-electron chi connectivity index (χ3n) is 7.50. The Bertz CT molecular complexity index is 2830. The van der Waals surface area contributed by atoms with Crippen LogP contribution in [0.1, 0.15) is 6.23 Å². The molecule has 1 saturated heterocycles. The zero-order valence-corrected chi connectivity index (χ0v) is 35.3. The molecular formula is C29H20CoN7O24P3S. The number of amides is 2. The summed E-state index contributed by atoms with van der Waals surface area (Å²) in [6, 6.07) is 0. The van der Waals surface area contributed by atoms with Gasteiger partial charge in [-0.15, -0.1) is 12.6 Å². The van der Waals surface area contributed by atoms with Gasteiger partial charge in [-0.3, -0.25) is 28.5 Å². The molecule has 0 saturated carbocycles. The van der Waals surface area contributed by atoms with Crippen LogP contribution in [0.2, 0.25) is 0 Å². The fourth-order valence-corrected chi connectivity index (χ4v) is 7.69. The Hall–Kier alpha value is -6.32. The molecule has 36 heteroatoms. The Labute approximate surface area is 372 Å². The number of rotatable bonds is 20. The van der Waals surface area contributed by atoms with Crippen LogP contribution in [0.5, 0.6) is 0 Å². The van der Waals surface area contributed by atoms with E-state index in [0.29, 0.717) is 5.94 Å². The van der Waals surface area contributed by atoms with Crippen LogP contribution in [-0.2, 0) is 101 Å². The van der Waals surface area contributed by atoms with Gasteiger partial charge in [-0.2, -0.15) is 4.31 Å². The number of nitrogens with zero attached hydrogens (tertiary/aromatic N) is 4. The number of aliphatic hydroxyl groups is 2. The second kappa shape index (κ2) is 22.5. The Kier molecular flexibility index (Phi) is 19.0. The number of aromatic nitrogens is 4. The summed E-state index contributed by atoms with van der Waals surface area (Å²) >= 11 is 3.48. The predicted octanol–water partition coefficient (Wildman–Crippen LogP) is -4.99. The minimum Gasteiger partial charge on any atom is -0.395 e. The van der Waals surface area contributed by atoms with Crippen molar-refractivity contribution in [2.45, 2.75) is 30.6 Å². The second-order valence-electron chi connectivity index (χ2n) is 11.4. The van der Waals surface area contributed by atoms with E-state index in [1.54, 1.807) is 5.32 Å². The summed E-state index contributed by atoms with van der Waals surface area (Å²) in [4.78, 5) is 168. The minimum absolute atomic E-state index is 0. The average Bonchev–Trinajstić information content (AvgIpc) is 3.79. The van der Waals surface area contributed by atoms with E-state index in [1.807, 2.05) is 0 Å². The third kappa shape index (κ3) is 12.9. The van der Waals surface area contributed by atoms with Crippen molar-refractivity contribution in [1.82, 2.24) is 30.2 Å². The third-order valence-corrected chi connectivity index (χ3v) is 10.8. The number of nitrogen functional groups attached to an aromatic ring is 1. The van der Waals surface area contributed by atoms with E-state index < -0.39 is 105 Å². The Morgan fingerprint density at radius 1 is 0.877 bits per heavy atom. The first-order valence-electron chi connectivity index (χ1n) is 15.7. The molecule has 3 heterocycles. The molecule has 3 rings (SSSR count). The number of hydrogen-bond donors (Lipinski definition) is 10. The van der Waals surface area contributed by atoms with E-state index in [4.69, 9.17) is 10.5 Å². The molecule has 2 aromatic rings. The molecule has 1 radical (unpaired) electrons. The number of phosphoric ester groups is 3. The number of carbonyl (C=O) groups excluding carboxylic acids is 10. The van der Waals surface area contributed by atoms with Crippen molar-refractivity contribution in [2.24, 2.45) is 5.41 Å². The maximum atomic E-state index is 13.1. The standard InChI is InChI=1S/C29H20N7O24P3S.Co/c30-24-19-25(32-11-31-24)36(12-33-19)28-20(45)22(59-61(49,50)51)21(56-28)16(8-42)57-62(52,53)60-63(54,55)58-18(10-44)29(1-3-37,2-4-38)23(46)27(48)34-14(6-40)13(5-39)26(47)35-15(7-41)17(64)9-43;/h1-2,11-12,20-23,28,45-46,64H,(H,34,48)(H,35,47)(H,52,53)(H,54,55)(H2,30,31,32)(H2,49,50,51);/t20-,21-,22+,23+,28-;/m1./s1. The molecule has 7 atom stereocenters. The summed E-state index contributed by atoms with van der Waals surface area (Å²) in [5, 5.41) is 24.8. The number of imidazole rings is 1. The van der Waals surface area contributed by atoms with Crippen molar-refractivity contribution in [3.8, 4) is 0 Å². The number of aliphatic hydroxyl groups excluding tert-OH is 2. The SMILES string of the molecule is Nc1ncnc2c1ncn2[C@@H]1O[C@H](C(=C=O)OP(=O)(O)OP(=O)(O)OC(=C=O)C(C=C=O)(C=C=O)[C@@H](O)C(=O)NC(=C=O)C(=C=O)C(=O)NC(=C=O)C(S)=C=O)[C@@H](OP(=O)(O)O)[C@H]1O.[Co]. The molecule has 2 amide bonds. The van der Waals surface area contributed by atoms with Crippen LogP contribution in [-0.4, -0.2) is 133 Å². The normalized spacial score (nSPS) is 19.3. The molecule has 0 aliphatic carbocycles. The van der Waals surface area contributed by atoms with Crippen LogP contribution < -0.4 is 16.4 Å². The summed E-state index contributed by atoms with van der Waals surface area (Å²) in [6.07, 6.45) is -11.1. The molecule has 31 nitrogen and oxygen atoms in total. The van der Waals surface area contributed by atoms with Gasteiger partial charge in [0.2, 0.25) is 11.5 Å². The first-order chi connectivity index (χ1) is 29.9. The topological polar surface area (TPSA) is 483 Å². The van der Waals surface area contributed by atoms with Gasteiger partial charge in [0.15, 0.2) is 70.6 Å². The van der Waals surface area contributed by atoms with Crippen molar-refractivity contribution in [2.75, 3.05) is 5.73 Å². The molecule has 0 spiro atoms. The van der Waals surface area contributed by atoms with Crippen molar-refractivity contribution < 1.29 is 131 Å². The van der Waals surface area contributed by atoms with Gasteiger partial charge in [0, 0.05) is 28.9 Å². The first kappa shape index (κ1) is 54.8. The summed E-state index contributed by atoms with van der Waals surface area (Å²) in [6.45, 7) is 0. The van der Waals surface area contributed by atoms with E-state index in [1.165, 1.54) is 5.32 Å². The molecule has 2 aromatic heterocycles. The Morgan fingerprint density at radius 3 is 1.98 bits per heavy atom. The van der Waals surface area contributed by atoms with E-state index in [2.05, 4.69) is 45.5 Å². The van der Waals surface area contributed by atoms with Crippen LogP contribution in [0.15, 0.2) is 58.2 Å². The number of phosphoric acid groups is 3. The van der Waals surface area contributed by atoms with Crippen molar-refractivity contribution in [3.63, 3.8) is 0 Å². The van der Waals surface area contributed by atoms with Crippen LogP contribution in [0.4, 0.5) is 5.82 Å². The zero-order valence-electron chi connectivity index (χ0n) is 30.7. The maximum absolute atomic E-state index is 13.1. The maximum Gasteiger partial charge on any atom is 0.537 e. The molecule has 0 aromatic carbocycles. The summed E-state index contributed by atoms with van der Waals surface area (Å²) in [7, 11) is -18.7. The number of thiol groups is 1. The molecule has 345 valence electrons. The van der Waals surface area contributed by atoms with Crippen molar-refractivity contribution in [1.29, 1.82) is 0 Å². The van der Waals surface area contributed by atoms with Crippen molar-refractivity contribution >= 4 is 112 Å². The summed E-state index contributed by atoms with van der Waals surface area (Å²) < 4.78 is 61.4. The average molecular weight is 1030 g/mol. The Morgan fingerprint density at radius 2 is 1.48 bits per heavy atom. The van der Waals surface area contributed by atoms with Gasteiger partial charge in [-0.1, -0.05) is 0 Å². The van der Waals surface area contributed by atoms with Crippen LogP contribution >= 0.6 is 36.1 Å². The van der Waals surface area contributed by atoms with Gasteiger partial charge in [-0.25, -0.2) is 67.0 Å². The van der Waals surface area contributed by atoms with Gasteiger partial charge < -0.3 is 50.2 Å². The van der Waals surface area contributed by atoms with Crippen molar-refractivity contribution in [3.05, 3.63) is 58.2 Å². The quantitative estimate of drug-likeness (QED) is 0.0148. The second-order valence-corrected chi connectivity index (χ2v) is 15.9. The number of nitrogens with two attached hydrogens (primary N) is 1. The fourth-order valence-electron chi connectivity index (χ4n) is 4.91. The molecule has 1 fully saturated rings. The van der Waals surface area contributed by atoms with E-state index in [-0.39, 0.29) is 45.9 Å². The Balaban J connectivity index is 0.0000145. The predicted molar refractivity (Wildman–Crippen MR) is 199 cm³/mol. The number of nitrogens with one attached hydrogen (secondary N) is 2. The van der Waals surface area contributed by atoms with Gasteiger partial charge in [0.25, 0.3) is 11.8 Å². The zero-order chi connectivity index (χ0) is 48.4. The summed E-state index contributed by atoms with van der Waals surface area (Å²) in [5.74, 6) is -1.11.